The lowest BCUT2D eigenvalue weighted by Gasteiger charge is -2.11. The first-order valence-corrected chi connectivity index (χ1v) is 19.6. The first kappa shape index (κ1) is 32.2. The van der Waals surface area contributed by atoms with Gasteiger partial charge in [0.2, 0.25) is 0 Å². The minimum absolute atomic E-state index is 0.636. The van der Waals surface area contributed by atoms with Crippen LogP contribution in [-0.4, -0.2) is 19.5 Å². The first-order chi connectivity index (χ1) is 27.7. The van der Waals surface area contributed by atoms with Crippen LogP contribution in [0, 0.1) is 0 Å². The maximum absolute atomic E-state index is 5.05. The van der Waals surface area contributed by atoms with E-state index in [-0.39, 0.29) is 0 Å². The quantitative estimate of drug-likeness (QED) is 0.171. The predicted octanol–water partition coefficient (Wildman–Crippen LogP) is 13.7. The normalized spacial score (nSPS) is 11.6. The van der Waals surface area contributed by atoms with Crippen molar-refractivity contribution in [2.24, 2.45) is 0 Å². The van der Waals surface area contributed by atoms with E-state index in [2.05, 4.69) is 138 Å². The molecule has 11 aromatic rings. The third-order valence-corrected chi connectivity index (χ3v) is 11.8. The van der Waals surface area contributed by atoms with Gasteiger partial charge in [0.1, 0.15) is 0 Å². The topological polar surface area (TPSA) is 43.6 Å². The van der Waals surface area contributed by atoms with Crippen LogP contribution in [0.25, 0.3) is 104 Å². The van der Waals surface area contributed by atoms with Crippen molar-refractivity contribution in [3.63, 3.8) is 0 Å². The average molecular weight is 733 g/mol. The number of para-hydroxylation sites is 1. The molecule has 11 rings (SSSR count). The first-order valence-electron chi connectivity index (χ1n) is 18.8. The molecule has 0 radical (unpaired) electrons. The lowest BCUT2D eigenvalue weighted by Crippen LogP contribution is -2.00. The number of benzene rings is 8. The number of hydrogen-bond donors (Lipinski definition) is 0. The van der Waals surface area contributed by atoms with Gasteiger partial charge in [0.05, 0.1) is 11.0 Å². The second-order valence-corrected chi connectivity index (χ2v) is 15.1. The molecule has 0 saturated carbocycles. The Morgan fingerprint density at radius 3 is 1.66 bits per heavy atom. The smallest absolute Gasteiger partial charge is 0.164 e. The molecule has 0 bridgehead atoms. The Bertz CT molecular complexity index is 3180. The van der Waals surface area contributed by atoms with Gasteiger partial charge >= 0.3 is 0 Å². The molecule has 0 spiro atoms. The summed E-state index contributed by atoms with van der Waals surface area (Å²) < 4.78 is 5.01. The van der Waals surface area contributed by atoms with Gasteiger partial charge in [-0.2, -0.15) is 0 Å². The molecule has 0 fully saturated rings. The van der Waals surface area contributed by atoms with Crippen molar-refractivity contribution in [3.8, 4) is 62.1 Å². The highest BCUT2D eigenvalue weighted by Gasteiger charge is 2.19. The Kier molecular flexibility index (Phi) is 7.64. The van der Waals surface area contributed by atoms with Crippen LogP contribution in [0.15, 0.2) is 194 Å². The lowest BCUT2D eigenvalue weighted by molar-refractivity contribution is 1.07. The number of rotatable bonds is 6. The summed E-state index contributed by atoms with van der Waals surface area (Å²) in [4.78, 5) is 15.0. The maximum atomic E-state index is 5.05. The fourth-order valence-electron chi connectivity index (χ4n) is 8.01. The van der Waals surface area contributed by atoms with Crippen LogP contribution >= 0.6 is 11.3 Å². The summed E-state index contributed by atoms with van der Waals surface area (Å²) in [7, 11) is 0. The molecule has 5 heteroatoms. The third kappa shape index (κ3) is 5.48. The molecule has 0 saturated heterocycles. The van der Waals surface area contributed by atoms with Gasteiger partial charge in [-0.25, -0.2) is 15.0 Å². The summed E-state index contributed by atoms with van der Waals surface area (Å²) >= 11 is 1.86. The molecule has 4 nitrogen and oxygen atoms in total. The highest BCUT2D eigenvalue weighted by atomic mass is 32.1. The van der Waals surface area contributed by atoms with Gasteiger partial charge in [-0.3, -0.25) is 0 Å². The second kappa shape index (κ2) is 13.3. The minimum atomic E-state index is 0.636. The molecular weight excluding hydrogens is 701 g/mol. The summed E-state index contributed by atoms with van der Waals surface area (Å²) in [6.07, 6.45) is 0. The SMILES string of the molecule is c1ccc(-c2nc(-c3ccccc3)nc(-c3cccc(-c4cccc5c4c4cc(-c6ccc7c(c6)sc6ccccc67)ccc4n5-c4ccccc4)c3)n2)cc1. The van der Waals surface area contributed by atoms with E-state index in [0.29, 0.717) is 17.5 Å². The fourth-order valence-corrected chi connectivity index (χ4v) is 9.16. The Hall–Kier alpha value is -7.21. The maximum Gasteiger partial charge on any atom is 0.164 e. The number of nitrogens with zero attached hydrogens (tertiary/aromatic N) is 4. The van der Waals surface area contributed by atoms with E-state index in [1.807, 2.05) is 72.0 Å². The molecule has 3 heterocycles. The molecular formula is C51H32N4S. The molecule has 0 atom stereocenters. The van der Waals surface area contributed by atoms with Crippen LogP contribution < -0.4 is 0 Å². The summed E-state index contributed by atoms with van der Waals surface area (Å²) in [6.45, 7) is 0. The van der Waals surface area contributed by atoms with E-state index in [9.17, 15) is 0 Å². The van der Waals surface area contributed by atoms with E-state index in [4.69, 9.17) is 15.0 Å². The molecule has 0 aliphatic heterocycles. The van der Waals surface area contributed by atoms with E-state index in [1.54, 1.807) is 0 Å². The number of thiophene rings is 1. The summed E-state index contributed by atoms with van der Waals surface area (Å²) in [5, 5.41) is 5.04. The zero-order chi connectivity index (χ0) is 37.0. The zero-order valence-corrected chi connectivity index (χ0v) is 31.0. The van der Waals surface area contributed by atoms with Crippen molar-refractivity contribution in [1.82, 2.24) is 19.5 Å². The minimum Gasteiger partial charge on any atom is -0.309 e. The molecule has 0 aliphatic carbocycles. The van der Waals surface area contributed by atoms with Crippen LogP contribution in [0.5, 0.6) is 0 Å². The van der Waals surface area contributed by atoms with Crippen LogP contribution in [0.3, 0.4) is 0 Å². The second-order valence-electron chi connectivity index (χ2n) is 14.0. The number of aromatic nitrogens is 4. The Balaban J connectivity index is 1.11. The van der Waals surface area contributed by atoms with E-state index in [0.717, 1.165) is 39.0 Å². The highest BCUT2D eigenvalue weighted by Crippen LogP contribution is 2.42. The van der Waals surface area contributed by atoms with Gasteiger partial charge in [-0.15, -0.1) is 11.3 Å². The molecule has 0 aliphatic rings. The van der Waals surface area contributed by atoms with Crippen molar-refractivity contribution >= 4 is 53.3 Å². The average Bonchev–Trinajstić information content (AvgIpc) is 3.82. The van der Waals surface area contributed by atoms with Crippen molar-refractivity contribution in [2.75, 3.05) is 0 Å². The van der Waals surface area contributed by atoms with E-state index in [1.165, 1.54) is 47.6 Å². The Morgan fingerprint density at radius 2 is 0.911 bits per heavy atom. The third-order valence-electron chi connectivity index (χ3n) is 10.6. The van der Waals surface area contributed by atoms with Crippen molar-refractivity contribution < 1.29 is 0 Å². The van der Waals surface area contributed by atoms with Crippen LogP contribution in [0.2, 0.25) is 0 Å². The van der Waals surface area contributed by atoms with Crippen LogP contribution in [0.1, 0.15) is 0 Å². The van der Waals surface area contributed by atoms with Crippen molar-refractivity contribution in [1.29, 1.82) is 0 Å². The molecule has 3 aromatic heterocycles. The number of hydrogen-bond acceptors (Lipinski definition) is 4. The van der Waals surface area contributed by atoms with E-state index < -0.39 is 0 Å². The summed E-state index contributed by atoms with van der Waals surface area (Å²) in [6, 6.07) is 68.7. The molecule has 0 unspecified atom stereocenters. The highest BCUT2D eigenvalue weighted by molar-refractivity contribution is 7.25. The zero-order valence-electron chi connectivity index (χ0n) is 30.2. The van der Waals surface area contributed by atoms with Gasteiger partial charge in [0, 0.05) is 53.3 Å². The van der Waals surface area contributed by atoms with Gasteiger partial charge in [0.25, 0.3) is 0 Å². The largest absolute Gasteiger partial charge is 0.309 e. The van der Waals surface area contributed by atoms with Crippen LogP contribution in [0.4, 0.5) is 0 Å². The Labute approximate surface area is 327 Å². The Morgan fingerprint density at radius 1 is 0.339 bits per heavy atom. The summed E-state index contributed by atoms with van der Waals surface area (Å²) in [5.74, 6) is 1.93. The predicted molar refractivity (Wildman–Crippen MR) is 234 cm³/mol. The molecule has 8 aromatic carbocycles. The number of fused-ring (bicyclic) bond motifs is 6. The molecule has 262 valence electrons. The monoisotopic (exact) mass is 732 g/mol. The van der Waals surface area contributed by atoms with Crippen molar-refractivity contribution in [2.45, 2.75) is 0 Å². The molecule has 0 amide bonds. The van der Waals surface area contributed by atoms with Gasteiger partial charge in [-0.1, -0.05) is 146 Å². The fraction of sp³-hybridized carbons (Fsp3) is 0. The van der Waals surface area contributed by atoms with Gasteiger partial charge in [0.15, 0.2) is 17.5 Å². The van der Waals surface area contributed by atoms with Crippen LogP contribution in [-0.2, 0) is 0 Å². The summed E-state index contributed by atoms with van der Waals surface area (Å²) in [5.41, 5.74) is 10.9. The van der Waals surface area contributed by atoms with Gasteiger partial charge in [-0.05, 0) is 70.8 Å². The van der Waals surface area contributed by atoms with Gasteiger partial charge < -0.3 is 4.57 Å². The van der Waals surface area contributed by atoms with E-state index >= 15 is 0 Å². The molecule has 56 heavy (non-hydrogen) atoms. The standard InChI is InChI=1S/C51H32N4S/c1-4-14-33(15-5-1)49-52-50(34-16-6-2-7-17-34)54-51(53-49)38-19-12-18-37(30-38)40-23-13-24-45-48(40)43-31-35(27-29-44(43)55(45)39-20-8-3-9-21-39)36-26-28-42-41-22-10-11-25-46(41)56-47(42)32-36/h1-32H. The van der Waals surface area contributed by atoms with Crippen molar-refractivity contribution in [3.05, 3.63) is 194 Å². The lowest BCUT2D eigenvalue weighted by atomic mass is 9.96. The molecule has 0 N–H and O–H groups in total.